The highest BCUT2D eigenvalue weighted by Gasteiger charge is 2.14. The van der Waals surface area contributed by atoms with Crippen molar-refractivity contribution >= 4 is 35.2 Å². The number of amides is 2. The first kappa shape index (κ1) is 25.3. The molecular weight excluding hydrogens is 462 g/mol. The van der Waals surface area contributed by atoms with Crippen LogP contribution in [0.25, 0.3) is 17.2 Å². The van der Waals surface area contributed by atoms with E-state index in [1.807, 2.05) is 56.3 Å². The van der Waals surface area contributed by atoms with Crippen LogP contribution in [0.5, 0.6) is 0 Å². The second kappa shape index (κ2) is 11.3. The molecule has 2 amide bonds. The van der Waals surface area contributed by atoms with Gasteiger partial charge in [0.05, 0.1) is 5.69 Å². The summed E-state index contributed by atoms with van der Waals surface area (Å²) >= 11 is 0. The molecule has 3 aromatic carbocycles. The van der Waals surface area contributed by atoms with Gasteiger partial charge in [0.2, 0.25) is 5.91 Å². The van der Waals surface area contributed by atoms with Crippen LogP contribution in [0.3, 0.4) is 0 Å². The fourth-order valence-electron chi connectivity index (χ4n) is 3.80. The zero-order chi connectivity index (χ0) is 26.4. The second-order valence-electron chi connectivity index (χ2n) is 8.77. The summed E-state index contributed by atoms with van der Waals surface area (Å²) in [6.45, 7) is 5.43. The molecule has 184 valence electrons. The lowest BCUT2D eigenvalue weighted by atomic mass is 9.96. The van der Waals surface area contributed by atoms with E-state index in [9.17, 15) is 14.4 Å². The first-order valence-corrected chi connectivity index (χ1v) is 11.8. The number of hydrogen-bond acceptors (Lipinski definition) is 4. The number of rotatable bonds is 7. The molecule has 0 fully saturated rings. The van der Waals surface area contributed by atoms with Gasteiger partial charge < -0.3 is 10.6 Å². The maximum atomic E-state index is 13.1. The SMILES string of the molecule is CC(=O)Nc1cccc(C=CC(=O)c2ccc(NC(=O)c3ccc(C)cc3-c3ccc(C)cc3)cc2)n1. The summed E-state index contributed by atoms with van der Waals surface area (Å²) in [6, 6.07) is 25.7. The smallest absolute Gasteiger partial charge is 0.256 e. The number of nitrogens with zero attached hydrogens (tertiary/aromatic N) is 1. The standard InChI is InChI=1S/C31H27N3O3/c1-20-7-10-23(11-8-20)28-19-21(2)9-17-27(28)31(37)34-26-14-12-24(13-15-26)29(36)18-16-25-5-4-6-30(33-25)32-22(3)35/h4-19H,1-3H3,(H,34,37)(H,32,33,35). The molecule has 37 heavy (non-hydrogen) atoms. The van der Waals surface area contributed by atoms with Gasteiger partial charge in [-0.1, -0.05) is 53.6 Å². The van der Waals surface area contributed by atoms with Crippen LogP contribution in [0.4, 0.5) is 11.5 Å². The Morgan fingerprint density at radius 2 is 1.49 bits per heavy atom. The van der Waals surface area contributed by atoms with Gasteiger partial charge in [0.15, 0.2) is 5.78 Å². The maximum absolute atomic E-state index is 13.1. The van der Waals surface area contributed by atoms with Gasteiger partial charge in [0, 0.05) is 23.7 Å². The third-order valence-electron chi connectivity index (χ3n) is 5.69. The van der Waals surface area contributed by atoms with Crippen LogP contribution in [-0.2, 0) is 4.79 Å². The summed E-state index contributed by atoms with van der Waals surface area (Å²) in [6.07, 6.45) is 3.01. The summed E-state index contributed by atoms with van der Waals surface area (Å²) in [5, 5.41) is 5.54. The lowest BCUT2D eigenvalue weighted by Crippen LogP contribution is -2.13. The van der Waals surface area contributed by atoms with Crippen molar-refractivity contribution in [2.75, 3.05) is 10.6 Å². The van der Waals surface area contributed by atoms with Gasteiger partial charge in [-0.3, -0.25) is 14.4 Å². The average molecular weight is 490 g/mol. The quantitative estimate of drug-likeness (QED) is 0.230. The Bertz CT molecular complexity index is 1490. The largest absolute Gasteiger partial charge is 0.322 e. The van der Waals surface area contributed by atoms with Crippen LogP contribution in [0.2, 0.25) is 0 Å². The summed E-state index contributed by atoms with van der Waals surface area (Å²) in [7, 11) is 0. The Morgan fingerprint density at radius 1 is 0.784 bits per heavy atom. The number of pyridine rings is 1. The predicted molar refractivity (Wildman–Crippen MR) is 148 cm³/mol. The molecule has 0 aliphatic heterocycles. The third kappa shape index (κ3) is 6.64. The van der Waals surface area contributed by atoms with Crippen molar-refractivity contribution < 1.29 is 14.4 Å². The van der Waals surface area contributed by atoms with Crippen molar-refractivity contribution in [1.29, 1.82) is 0 Å². The number of anilines is 2. The minimum atomic E-state index is -0.223. The number of carbonyl (C=O) groups excluding carboxylic acids is 3. The molecule has 1 heterocycles. The Labute approximate surface area is 216 Å². The zero-order valence-electron chi connectivity index (χ0n) is 20.9. The van der Waals surface area contributed by atoms with E-state index in [0.29, 0.717) is 28.3 Å². The number of benzene rings is 3. The summed E-state index contributed by atoms with van der Waals surface area (Å²) < 4.78 is 0. The Kier molecular flexibility index (Phi) is 7.69. The van der Waals surface area contributed by atoms with E-state index in [-0.39, 0.29) is 17.6 Å². The van der Waals surface area contributed by atoms with Crippen LogP contribution >= 0.6 is 0 Å². The van der Waals surface area contributed by atoms with Gasteiger partial charge in [-0.25, -0.2) is 4.98 Å². The molecule has 0 saturated heterocycles. The molecule has 0 saturated carbocycles. The minimum absolute atomic E-state index is 0.204. The van der Waals surface area contributed by atoms with Gasteiger partial charge >= 0.3 is 0 Å². The zero-order valence-corrected chi connectivity index (χ0v) is 20.9. The number of aryl methyl sites for hydroxylation is 2. The number of carbonyl (C=O) groups is 3. The number of ketones is 1. The van der Waals surface area contributed by atoms with Gasteiger partial charge in [0.25, 0.3) is 5.91 Å². The van der Waals surface area contributed by atoms with E-state index in [2.05, 4.69) is 15.6 Å². The molecule has 0 unspecified atom stereocenters. The van der Waals surface area contributed by atoms with Crippen LogP contribution in [0.15, 0.2) is 91.0 Å². The molecule has 1 aromatic heterocycles. The number of hydrogen-bond donors (Lipinski definition) is 2. The van der Waals surface area contributed by atoms with Crippen molar-refractivity contribution in [3.8, 4) is 11.1 Å². The highest BCUT2D eigenvalue weighted by atomic mass is 16.2. The first-order chi connectivity index (χ1) is 17.8. The fraction of sp³-hybridized carbons (Fsp3) is 0.0968. The van der Waals surface area contributed by atoms with Crippen molar-refractivity contribution in [2.45, 2.75) is 20.8 Å². The molecule has 0 aliphatic rings. The normalized spacial score (nSPS) is 10.8. The van der Waals surface area contributed by atoms with Gasteiger partial charge in [-0.2, -0.15) is 0 Å². The predicted octanol–water partition coefficient (Wildman–Crippen LogP) is 6.47. The maximum Gasteiger partial charge on any atom is 0.256 e. The summed E-state index contributed by atoms with van der Waals surface area (Å²) in [5.41, 5.74) is 6.25. The monoisotopic (exact) mass is 489 g/mol. The molecule has 0 aliphatic carbocycles. The minimum Gasteiger partial charge on any atom is -0.322 e. The molecule has 6 heteroatoms. The lowest BCUT2D eigenvalue weighted by Gasteiger charge is -2.12. The second-order valence-corrected chi connectivity index (χ2v) is 8.77. The van der Waals surface area contributed by atoms with Crippen molar-refractivity contribution in [1.82, 2.24) is 4.98 Å². The van der Waals surface area contributed by atoms with Crippen LogP contribution in [0.1, 0.15) is 44.5 Å². The van der Waals surface area contributed by atoms with Crippen LogP contribution < -0.4 is 10.6 Å². The third-order valence-corrected chi connectivity index (χ3v) is 5.69. The van der Waals surface area contributed by atoms with E-state index in [1.54, 1.807) is 48.5 Å². The summed E-state index contributed by atoms with van der Waals surface area (Å²) in [5.74, 6) is -0.226. The molecule has 0 bridgehead atoms. The van der Waals surface area contributed by atoms with Crippen molar-refractivity contribution in [3.63, 3.8) is 0 Å². The molecule has 0 atom stereocenters. The number of aromatic nitrogens is 1. The van der Waals surface area contributed by atoms with E-state index in [1.165, 1.54) is 13.0 Å². The molecule has 6 nitrogen and oxygen atoms in total. The van der Waals surface area contributed by atoms with E-state index in [4.69, 9.17) is 0 Å². The van der Waals surface area contributed by atoms with Gasteiger partial charge in [-0.05, 0) is 79.6 Å². The van der Waals surface area contributed by atoms with Crippen LogP contribution in [0, 0.1) is 13.8 Å². The molecule has 0 spiro atoms. The van der Waals surface area contributed by atoms with Crippen molar-refractivity contribution in [2.24, 2.45) is 0 Å². The molecule has 4 aromatic rings. The van der Waals surface area contributed by atoms with Gasteiger partial charge in [0.1, 0.15) is 5.82 Å². The average Bonchev–Trinajstić information content (AvgIpc) is 2.88. The van der Waals surface area contributed by atoms with E-state index < -0.39 is 0 Å². The Hall–Kier alpha value is -4.84. The highest BCUT2D eigenvalue weighted by molar-refractivity contribution is 6.10. The topological polar surface area (TPSA) is 88.2 Å². The van der Waals surface area contributed by atoms with Gasteiger partial charge in [-0.15, -0.1) is 0 Å². The Balaban J connectivity index is 1.46. The fourth-order valence-corrected chi connectivity index (χ4v) is 3.80. The molecule has 4 rings (SSSR count). The highest BCUT2D eigenvalue weighted by Crippen LogP contribution is 2.26. The molecule has 2 N–H and O–H groups in total. The lowest BCUT2D eigenvalue weighted by molar-refractivity contribution is -0.114. The Morgan fingerprint density at radius 3 is 2.19 bits per heavy atom. The molecule has 0 radical (unpaired) electrons. The molecular formula is C31H27N3O3. The number of nitrogens with one attached hydrogen (secondary N) is 2. The van der Waals surface area contributed by atoms with E-state index >= 15 is 0 Å². The first-order valence-electron chi connectivity index (χ1n) is 11.8. The summed E-state index contributed by atoms with van der Waals surface area (Å²) in [4.78, 5) is 41.2. The van der Waals surface area contributed by atoms with E-state index in [0.717, 1.165) is 22.3 Å². The van der Waals surface area contributed by atoms with Crippen molar-refractivity contribution in [3.05, 3.63) is 119 Å². The number of allylic oxidation sites excluding steroid dienone is 1. The van der Waals surface area contributed by atoms with Crippen LogP contribution in [-0.4, -0.2) is 22.6 Å².